The van der Waals surface area contributed by atoms with Crippen molar-refractivity contribution in [2.24, 2.45) is 0 Å². The average Bonchev–Trinajstić information content (AvgIpc) is 2.50. The highest BCUT2D eigenvalue weighted by Crippen LogP contribution is 2.26. The summed E-state index contributed by atoms with van der Waals surface area (Å²) < 4.78 is 0. The number of hydrogen-bond acceptors (Lipinski definition) is 9. The first kappa shape index (κ1) is 14.0. The second-order valence-electron chi connectivity index (χ2n) is 3.89. The van der Waals surface area contributed by atoms with Gasteiger partial charge in [-0.05, 0) is 0 Å². The first-order valence-corrected chi connectivity index (χ1v) is 6.21. The van der Waals surface area contributed by atoms with Gasteiger partial charge in [-0.1, -0.05) is 0 Å². The number of aromatic nitrogens is 4. The molecule has 2 rings (SSSR count). The largest absolute Gasteiger partial charge is 0.395 e. The van der Waals surface area contributed by atoms with Gasteiger partial charge >= 0.3 is 0 Å². The normalized spacial score (nSPS) is 10.4. The van der Waals surface area contributed by atoms with E-state index in [0.717, 1.165) is 0 Å². The molecule has 2 aromatic rings. The summed E-state index contributed by atoms with van der Waals surface area (Å²) in [7, 11) is 5.24. The Morgan fingerprint density at radius 3 is 1.85 bits per heavy atom. The van der Waals surface area contributed by atoms with E-state index in [1.807, 2.05) is 0 Å². The van der Waals surface area contributed by atoms with Crippen LogP contribution in [0.15, 0.2) is 0 Å². The maximum absolute atomic E-state index is 8.95. The summed E-state index contributed by atoms with van der Waals surface area (Å²) in [5, 5.41) is 20.8. The van der Waals surface area contributed by atoms with Crippen molar-refractivity contribution in [2.45, 2.75) is 0 Å². The molecule has 2 heterocycles. The molecule has 0 radical (unpaired) electrons. The third kappa shape index (κ3) is 2.62. The van der Waals surface area contributed by atoms with Gasteiger partial charge in [0.25, 0.3) is 0 Å². The standard InChI is InChI=1S/C11H18N8O/c1-12-8-6-7(17-10(13-2)18-8)9(15-4-5-20)19-11(14-3)16-6/h20H,4-5H2,1-3H3,(H2,12,13,17,18)(H2,14,15,16,19). The lowest BCUT2D eigenvalue weighted by Crippen LogP contribution is -2.12. The molecule has 0 unspecified atom stereocenters. The Bertz CT molecular complexity index is 602. The van der Waals surface area contributed by atoms with E-state index >= 15 is 0 Å². The van der Waals surface area contributed by atoms with Crippen LogP contribution in [0.1, 0.15) is 0 Å². The summed E-state index contributed by atoms with van der Waals surface area (Å²) in [4.78, 5) is 17.4. The predicted octanol–water partition coefficient (Wildman–Crippen LogP) is -0.0509. The van der Waals surface area contributed by atoms with Crippen LogP contribution in [-0.4, -0.2) is 59.3 Å². The van der Waals surface area contributed by atoms with E-state index < -0.39 is 0 Å². The summed E-state index contributed by atoms with van der Waals surface area (Å²) in [5.41, 5.74) is 1.19. The highest BCUT2D eigenvalue weighted by Gasteiger charge is 2.14. The average molecular weight is 278 g/mol. The second-order valence-corrected chi connectivity index (χ2v) is 3.89. The number of rotatable bonds is 6. The minimum Gasteiger partial charge on any atom is -0.395 e. The van der Waals surface area contributed by atoms with E-state index in [9.17, 15) is 0 Å². The van der Waals surface area contributed by atoms with Crippen LogP contribution in [0.3, 0.4) is 0 Å². The van der Waals surface area contributed by atoms with Gasteiger partial charge in [-0.15, -0.1) is 0 Å². The van der Waals surface area contributed by atoms with Crippen molar-refractivity contribution >= 4 is 34.6 Å². The molecule has 0 atom stereocenters. The first-order valence-electron chi connectivity index (χ1n) is 6.21. The Balaban J connectivity index is 2.67. The fourth-order valence-electron chi connectivity index (χ4n) is 1.71. The van der Waals surface area contributed by atoms with Crippen molar-refractivity contribution in [3.8, 4) is 0 Å². The van der Waals surface area contributed by atoms with Gasteiger partial charge in [-0.2, -0.15) is 9.97 Å². The molecule has 0 saturated carbocycles. The van der Waals surface area contributed by atoms with Crippen LogP contribution in [0.2, 0.25) is 0 Å². The fourth-order valence-corrected chi connectivity index (χ4v) is 1.71. The fraction of sp³-hybridized carbons (Fsp3) is 0.455. The van der Waals surface area contributed by atoms with Gasteiger partial charge in [0, 0.05) is 27.7 Å². The van der Waals surface area contributed by atoms with E-state index in [1.165, 1.54) is 0 Å². The molecule has 5 N–H and O–H groups in total. The Hall–Kier alpha value is -2.42. The maximum atomic E-state index is 8.95. The zero-order valence-electron chi connectivity index (χ0n) is 11.7. The van der Waals surface area contributed by atoms with Crippen LogP contribution in [0.25, 0.3) is 11.0 Å². The zero-order chi connectivity index (χ0) is 14.5. The molecule has 9 nitrogen and oxygen atoms in total. The molecule has 9 heteroatoms. The van der Waals surface area contributed by atoms with Crippen molar-refractivity contribution < 1.29 is 5.11 Å². The van der Waals surface area contributed by atoms with Crippen LogP contribution in [0.4, 0.5) is 23.5 Å². The molecular weight excluding hydrogens is 260 g/mol. The minimum absolute atomic E-state index is 0.00321. The third-order valence-corrected chi connectivity index (χ3v) is 2.63. The molecule has 0 aromatic carbocycles. The Morgan fingerprint density at radius 2 is 1.35 bits per heavy atom. The topological polar surface area (TPSA) is 120 Å². The molecule has 0 spiro atoms. The van der Waals surface area contributed by atoms with Crippen molar-refractivity contribution in [1.29, 1.82) is 0 Å². The number of nitrogens with zero attached hydrogens (tertiary/aromatic N) is 4. The highest BCUT2D eigenvalue weighted by atomic mass is 16.3. The van der Waals surface area contributed by atoms with E-state index in [1.54, 1.807) is 21.1 Å². The molecular formula is C11H18N8O. The highest BCUT2D eigenvalue weighted by molar-refractivity contribution is 5.94. The molecule has 0 fully saturated rings. The minimum atomic E-state index is 0.00321. The van der Waals surface area contributed by atoms with Crippen molar-refractivity contribution in [3.63, 3.8) is 0 Å². The number of aliphatic hydroxyl groups excluding tert-OH is 1. The lowest BCUT2D eigenvalue weighted by Gasteiger charge is -2.12. The number of fused-ring (bicyclic) bond motifs is 1. The van der Waals surface area contributed by atoms with Gasteiger partial charge in [-0.3, -0.25) is 0 Å². The van der Waals surface area contributed by atoms with Crippen molar-refractivity contribution in [3.05, 3.63) is 0 Å². The summed E-state index contributed by atoms with van der Waals surface area (Å²) in [5.74, 6) is 2.07. The van der Waals surface area contributed by atoms with Crippen LogP contribution in [-0.2, 0) is 0 Å². The predicted molar refractivity (Wildman–Crippen MR) is 79.3 cm³/mol. The van der Waals surface area contributed by atoms with Crippen molar-refractivity contribution in [2.75, 3.05) is 55.6 Å². The quantitative estimate of drug-likeness (QED) is 0.495. The molecule has 2 aromatic heterocycles. The third-order valence-electron chi connectivity index (χ3n) is 2.63. The van der Waals surface area contributed by atoms with Gasteiger partial charge < -0.3 is 26.4 Å². The van der Waals surface area contributed by atoms with E-state index in [-0.39, 0.29) is 6.61 Å². The molecule has 0 aliphatic carbocycles. The smallest absolute Gasteiger partial charge is 0.225 e. The van der Waals surface area contributed by atoms with Crippen LogP contribution in [0.5, 0.6) is 0 Å². The van der Waals surface area contributed by atoms with Gasteiger partial charge in [0.1, 0.15) is 11.0 Å². The Morgan fingerprint density at radius 1 is 0.800 bits per heavy atom. The number of hydrogen-bond donors (Lipinski definition) is 5. The molecule has 0 aliphatic rings. The Kier molecular flexibility index (Phi) is 4.31. The lowest BCUT2D eigenvalue weighted by atomic mass is 10.3. The Labute approximate surface area is 116 Å². The first-order chi connectivity index (χ1) is 9.73. The zero-order valence-corrected chi connectivity index (χ0v) is 11.7. The van der Waals surface area contributed by atoms with E-state index in [2.05, 4.69) is 41.2 Å². The number of nitrogens with one attached hydrogen (secondary N) is 4. The van der Waals surface area contributed by atoms with E-state index in [0.29, 0.717) is 41.1 Å². The lowest BCUT2D eigenvalue weighted by molar-refractivity contribution is 0.311. The SMILES string of the molecule is CNc1nc(NCCO)c2nc(NC)nc(NC)c2n1. The second kappa shape index (κ2) is 6.15. The van der Waals surface area contributed by atoms with Crippen LogP contribution in [0, 0.1) is 0 Å². The summed E-state index contributed by atoms with van der Waals surface area (Å²) in [6.07, 6.45) is 0. The number of aliphatic hydroxyl groups is 1. The molecule has 20 heavy (non-hydrogen) atoms. The monoisotopic (exact) mass is 278 g/mol. The molecule has 0 aliphatic heterocycles. The summed E-state index contributed by atoms with van der Waals surface area (Å²) in [6, 6.07) is 0. The molecule has 0 bridgehead atoms. The summed E-state index contributed by atoms with van der Waals surface area (Å²) in [6.45, 7) is 0.381. The number of anilines is 4. The van der Waals surface area contributed by atoms with Crippen LogP contribution >= 0.6 is 0 Å². The van der Waals surface area contributed by atoms with Crippen molar-refractivity contribution in [1.82, 2.24) is 19.9 Å². The molecule has 0 amide bonds. The van der Waals surface area contributed by atoms with Gasteiger partial charge in [0.05, 0.1) is 6.61 Å². The van der Waals surface area contributed by atoms with Gasteiger partial charge in [-0.25, -0.2) is 9.97 Å². The van der Waals surface area contributed by atoms with Gasteiger partial charge in [0.2, 0.25) is 11.9 Å². The van der Waals surface area contributed by atoms with Gasteiger partial charge in [0.15, 0.2) is 11.6 Å². The molecule has 108 valence electrons. The molecule has 0 saturated heterocycles. The van der Waals surface area contributed by atoms with E-state index in [4.69, 9.17) is 5.11 Å². The maximum Gasteiger partial charge on any atom is 0.225 e. The van der Waals surface area contributed by atoms with Crippen LogP contribution < -0.4 is 21.3 Å². The summed E-state index contributed by atoms with van der Waals surface area (Å²) >= 11 is 0.